The second kappa shape index (κ2) is 9.37. The third kappa shape index (κ3) is 4.02. The number of amides is 1. The van der Waals surface area contributed by atoms with Gasteiger partial charge in [-0.25, -0.2) is 9.37 Å². The SMILES string of the molecule is CN1C=CC(NC(=O)Cc2ccc3c(c2)CCCO3)=c2cnc3c4c([nH]c(=O)c-4c21)=CCN3c1ccc(F)cc1. The molecule has 5 aliphatic rings. The number of aromatic amines is 1. The van der Waals surface area contributed by atoms with E-state index in [0.717, 1.165) is 42.0 Å². The first kappa shape index (κ1) is 24.1. The van der Waals surface area contributed by atoms with Gasteiger partial charge in [0.05, 0.1) is 40.9 Å². The Morgan fingerprint density at radius 3 is 2.88 bits per heavy atom. The maximum atomic E-state index is 13.6. The predicted octanol–water partition coefficient (Wildman–Crippen LogP) is 2.70. The lowest BCUT2D eigenvalue weighted by atomic mass is 10.0. The Morgan fingerprint density at radius 2 is 2.02 bits per heavy atom. The standard InChI is InChI=1S/C31H26FN5O3/c1-36-12-10-23(34-26(38)16-18-4-9-25-19(15-18)3-2-14-40-25)22-17-33-30-27-24(35-31(39)28(27)29(22)36)11-13-37(30)21-7-5-20(32)6-8-21/h4-12,15,17H,2-3,13-14,16H2,1H3,(H,34,38)(H,35,39). The molecule has 2 aromatic rings. The van der Waals surface area contributed by atoms with Crippen molar-refractivity contribution in [2.75, 3.05) is 30.0 Å². The largest absolute Gasteiger partial charge is 0.493 e. The molecule has 0 bridgehead atoms. The molecule has 5 heterocycles. The van der Waals surface area contributed by atoms with Gasteiger partial charge in [-0.15, -0.1) is 0 Å². The van der Waals surface area contributed by atoms with E-state index in [4.69, 9.17) is 9.72 Å². The van der Waals surface area contributed by atoms with Gasteiger partial charge in [0, 0.05) is 36.9 Å². The van der Waals surface area contributed by atoms with Gasteiger partial charge in [0.15, 0.2) is 0 Å². The summed E-state index contributed by atoms with van der Waals surface area (Å²) in [5.41, 5.74) is 4.94. The van der Waals surface area contributed by atoms with Crippen LogP contribution in [0, 0.1) is 5.82 Å². The molecule has 0 atom stereocenters. The third-order valence-electron chi connectivity index (χ3n) is 7.62. The zero-order valence-electron chi connectivity index (χ0n) is 21.8. The van der Waals surface area contributed by atoms with Crippen LogP contribution in [-0.4, -0.2) is 36.1 Å². The molecule has 0 unspecified atom stereocenters. The molecule has 40 heavy (non-hydrogen) atoms. The summed E-state index contributed by atoms with van der Waals surface area (Å²) < 4.78 is 19.3. The summed E-state index contributed by atoms with van der Waals surface area (Å²) >= 11 is 0. The van der Waals surface area contributed by atoms with Gasteiger partial charge in [0.1, 0.15) is 17.4 Å². The molecule has 0 aromatic heterocycles. The molecule has 5 aliphatic heterocycles. The van der Waals surface area contributed by atoms with Crippen molar-refractivity contribution >= 4 is 34.9 Å². The van der Waals surface area contributed by atoms with Crippen LogP contribution in [0.2, 0.25) is 0 Å². The molecular weight excluding hydrogens is 509 g/mol. The van der Waals surface area contributed by atoms with Gasteiger partial charge in [-0.2, -0.15) is 0 Å². The normalized spacial score (nSPS) is 15.3. The predicted molar refractivity (Wildman–Crippen MR) is 152 cm³/mol. The van der Waals surface area contributed by atoms with Crippen LogP contribution in [0.1, 0.15) is 17.5 Å². The first-order valence-corrected chi connectivity index (χ1v) is 13.2. The number of carbonyl (C=O) groups excluding carboxylic acids is 1. The van der Waals surface area contributed by atoms with Crippen LogP contribution in [0.3, 0.4) is 0 Å². The first-order chi connectivity index (χ1) is 19.5. The van der Waals surface area contributed by atoms with Crippen LogP contribution in [0.5, 0.6) is 5.75 Å². The number of hydrogen-bond donors (Lipinski definition) is 2. The number of halogens is 1. The molecule has 0 fully saturated rings. The summed E-state index contributed by atoms with van der Waals surface area (Å²) in [6.07, 6.45) is 9.38. The molecule has 0 aliphatic carbocycles. The maximum absolute atomic E-state index is 13.6. The molecule has 7 rings (SSSR count). The topological polar surface area (TPSA) is 90.6 Å². The number of H-pyrrole nitrogens is 1. The van der Waals surface area contributed by atoms with Crippen molar-refractivity contribution in [3.8, 4) is 16.9 Å². The Bertz CT molecular complexity index is 1860. The lowest BCUT2D eigenvalue weighted by molar-refractivity contribution is -0.119. The molecule has 0 saturated heterocycles. The number of hydrogen-bond acceptors (Lipinski definition) is 6. The molecule has 2 aromatic carbocycles. The summed E-state index contributed by atoms with van der Waals surface area (Å²) in [5, 5.41) is 4.38. The summed E-state index contributed by atoms with van der Waals surface area (Å²) in [7, 11) is 1.86. The fraction of sp³-hybridized carbons (Fsp3) is 0.194. The Kier molecular flexibility index (Phi) is 5.66. The molecule has 8 nitrogen and oxygen atoms in total. The zero-order chi connectivity index (χ0) is 27.4. The van der Waals surface area contributed by atoms with Crippen LogP contribution >= 0.6 is 0 Å². The molecular formula is C31H26FN5O3. The van der Waals surface area contributed by atoms with E-state index in [1.54, 1.807) is 18.3 Å². The fourth-order valence-electron chi connectivity index (χ4n) is 5.74. The van der Waals surface area contributed by atoms with E-state index in [2.05, 4.69) is 10.3 Å². The number of carbonyl (C=O) groups is 1. The molecule has 0 spiro atoms. The fourth-order valence-corrected chi connectivity index (χ4v) is 5.74. The van der Waals surface area contributed by atoms with Crippen LogP contribution in [0.25, 0.3) is 22.9 Å². The van der Waals surface area contributed by atoms with E-state index >= 15 is 0 Å². The number of rotatable bonds is 4. The summed E-state index contributed by atoms with van der Waals surface area (Å²) in [5.74, 6) is 0.978. The van der Waals surface area contributed by atoms with E-state index in [9.17, 15) is 14.0 Å². The van der Waals surface area contributed by atoms with Crippen molar-refractivity contribution in [1.29, 1.82) is 0 Å². The van der Waals surface area contributed by atoms with Gasteiger partial charge in [0.25, 0.3) is 5.56 Å². The number of aryl methyl sites for hydroxylation is 1. The minimum Gasteiger partial charge on any atom is -0.493 e. The number of aromatic nitrogens is 2. The molecule has 9 heteroatoms. The highest BCUT2D eigenvalue weighted by Gasteiger charge is 2.29. The average Bonchev–Trinajstić information content (AvgIpc) is 3.16. The molecule has 0 radical (unpaired) electrons. The molecule has 2 N–H and O–H groups in total. The highest BCUT2D eigenvalue weighted by atomic mass is 19.1. The van der Waals surface area contributed by atoms with Crippen molar-refractivity contribution in [2.45, 2.75) is 19.3 Å². The Labute approximate surface area is 229 Å². The Morgan fingerprint density at radius 1 is 1.18 bits per heavy atom. The van der Waals surface area contributed by atoms with Crippen molar-refractivity contribution < 1.29 is 13.9 Å². The van der Waals surface area contributed by atoms with Crippen LogP contribution < -0.4 is 36.0 Å². The maximum Gasteiger partial charge on any atom is 0.258 e. The molecule has 200 valence electrons. The Hall–Kier alpha value is -4.92. The second-order valence-corrected chi connectivity index (χ2v) is 10.2. The van der Waals surface area contributed by atoms with Gasteiger partial charge >= 0.3 is 0 Å². The van der Waals surface area contributed by atoms with E-state index in [0.29, 0.717) is 45.4 Å². The van der Waals surface area contributed by atoms with Crippen molar-refractivity contribution in [3.05, 3.63) is 98.8 Å². The van der Waals surface area contributed by atoms with Gasteiger partial charge in [0.2, 0.25) is 5.91 Å². The lowest BCUT2D eigenvalue weighted by Crippen LogP contribution is -2.33. The quantitative estimate of drug-likeness (QED) is 0.418. The van der Waals surface area contributed by atoms with E-state index in [1.165, 1.54) is 12.1 Å². The summed E-state index contributed by atoms with van der Waals surface area (Å²) in [4.78, 5) is 38.2. The number of nitrogens with zero attached hydrogens (tertiary/aromatic N) is 3. The van der Waals surface area contributed by atoms with Gasteiger partial charge in [-0.3, -0.25) is 9.59 Å². The monoisotopic (exact) mass is 535 g/mol. The number of ether oxygens (including phenoxy) is 1. The van der Waals surface area contributed by atoms with Crippen molar-refractivity contribution in [3.63, 3.8) is 0 Å². The third-order valence-corrected chi connectivity index (χ3v) is 7.62. The van der Waals surface area contributed by atoms with Gasteiger partial charge in [-0.1, -0.05) is 12.1 Å². The smallest absolute Gasteiger partial charge is 0.258 e. The van der Waals surface area contributed by atoms with Crippen molar-refractivity contribution in [2.24, 2.45) is 0 Å². The number of anilines is 3. The highest BCUT2D eigenvalue weighted by molar-refractivity contribution is 5.94. The van der Waals surface area contributed by atoms with E-state index in [-0.39, 0.29) is 23.7 Å². The Balaban J connectivity index is 1.31. The highest BCUT2D eigenvalue weighted by Crippen LogP contribution is 2.36. The number of benzene rings is 2. The minimum atomic E-state index is -0.326. The van der Waals surface area contributed by atoms with Crippen LogP contribution in [0.4, 0.5) is 21.6 Å². The lowest BCUT2D eigenvalue weighted by Gasteiger charge is -2.26. The van der Waals surface area contributed by atoms with Gasteiger partial charge in [-0.05, 0) is 66.5 Å². The number of fused-ring (bicyclic) bond motifs is 3. The molecule has 0 saturated carbocycles. The zero-order valence-corrected chi connectivity index (χ0v) is 21.8. The first-order valence-electron chi connectivity index (χ1n) is 13.2. The summed E-state index contributed by atoms with van der Waals surface area (Å²) in [6.45, 7) is 1.18. The van der Waals surface area contributed by atoms with Crippen molar-refractivity contribution in [1.82, 2.24) is 15.3 Å². The number of nitrogens with one attached hydrogen (secondary N) is 2. The van der Waals surface area contributed by atoms with E-state index in [1.807, 2.05) is 53.4 Å². The molecule has 1 amide bonds. The van der Waals surface area contributed by atoms with Gasteiger partial charge < -0.3 is 24.8 Å². The average molecular weight is 536 g/mol. The summed E-state index contributed by atoms with van der Waals surface area (Å²) in [6, 6.07) is 12.1. The van der Waals surface area contributed by atoms with E-state index < -0.39 is 0 Å². The second-order valence-electron chi connectivity index (χ2n) is 10.2. The minimum absolute atomic E-state index is 0.169. The van der Waals surface area contributed by atoms with Crippen LogP contribution in [0.15, 0.2) is 65.7 Å². The van der Waals surface area contributed by atoms with Crippen LogP contribution in [-0.2, 0) is 17.6 Å².